The fourth-order valence-corrected chi connectivity index (χ4v) is 2.34. The smallest absolute Gasteiger partial charge is 0.311 e. The van der Waals surface area contributed by atoms with E-state index in [4.69, 9.17) is 26.8 Å². The van der Waals surface area contributed by atoms with E-state index >= 15 is 0 Å². The van der Waals surface area contributed by atoms with Gasteiger partial charge >= 0.3 is 5.97 Å². The fraction of sp³-hybridized carbons (Fsp3) is 0.462. The lowest BCUT2D eigenvalue weighted by atomic mass is 10.0. The van der Waals surface area contributed by atoms with Crippen LogP contribution in [-0.2, 0) is 25.4 Å². The van der Waals surface area contributed by atoms with Crippen molar-refractivity contribution in [3.8, 4) is 0 Å². The molecule has 19 heavy (non-hydrogen) atoms. The van der Waals surface area contributed by atoms with Crippen LogP contribution in [-0.4, -0.2) is 32.1 Å². The highest BCUT2D eigenvalue weighted by Crippen LogP contribution is 2.33. The van der Waals surface area contributed by atoms with Crippen LogP contribution in [0, 0.1) is 0 Å². The van der Waals surface area contributed by atoms with Gasteiger partial charge in [-0.05, 0) is 17.7 Å². The van der Waals surface area contributed by atoms with Gasteiger partial charge in [0.1, 0.15) is 0 Å². The molecule has 1 fully saturated rings. The topological polar surface area (TPSA) is 70.8 Å². The lowest BCUT2D eigenvalue weighted by molar-refractivity contribution is -0.180. The van der Waals surface area contributed by atoms with Crippen molar-refractivity contribution >= 4 is 23.3 Å². The summed E-state index contributed by atoms with van der Waals surface area (Å²) in [5.41, 5.74) is 7.18. The third kappa shape index (κ3) is 3.18. The predicted octanol–water partition coefficient (Wildman–Crippen LogP) is 1.77. The fourth-order valence-electron chi connectivity index (χ4n) is 2.09. The number of anilines is 1. The summed E-state index contributed by atoms with van der Waals surface area (Å²) >= 11 is 6.13. The summed E-state index contributed by atoms with van der Waals surface area (Å²) in [7, 11) is 1.33. The van der Waals surface area contributed by atoms with Crippen molar-refractivity contribution in [3.05, 3.63) is 28.8 Å². The minimum absolute atomic E-state index is 0.00810. The first-order chi connectivity index (χ1) is 9.06. The van der Waals surface area contributed by atoms with E-state index in [1.54, 1.807) is 18.2 Å². The van der Waals surface area contributed by atoms with Gasteiger partial charge in [-0.25, -0.2) is 0 Å². The van der Waals surface area contributed by atoms with Gasteiger partial charge < -0.3 is 19.9 Å². The Bertz CT molecular complexity index is 451. The standard InChI is InChI=1S/C13H16ClNO4/c1-17-12(16)8-13(18-5-6-19-13)7-9-10(14)3-2-4-11(9)15/h2-4H,5-8,15H2,1H3. The number of benzene rings is 1. The first-order valence-electron chi connectivity index (χ1n) is 5.94. The van der Waals surface area contributed by atoms with Gasteiger partial charge in [-0.1, -0.05) is 17.7 Å². The quantitative estimate of drug-likeness (QED) is 0.674. The van der Waals surface area contributed by atoms with Crippen LogP contribution in [0.15, 0.2) is 18.2 Å². The molecule has 5 nitrogen and oxygen atoms in total. The molecule has 0 aromatic heterocycles. The van der Waals surface area contributed by atoms with Crippen LogP contribution in [0.1, 0.15) is 12.0 Å². The van der Waals surface area contributed by atoms with Gasteiger partial charge in [0.05, 0.1) is 26.7 Å². The van der Waals surface area contributed by atoms with Crippen molar-refractivity contribution in [3.63, 3.8) is 0 Å². The third-order valence-corrected chi connectivity index (χ3v) is 3.41. The van der Waals surface area contributed by atoms with Gasteiger partial charge in [0.25, 0.3) is 0 Å². The Morgan fingerprint density at radius 2 is 2.16 bits per heavy atom. The first-order valence-corrected chi connectivity index (χ1v) is 6.32. The molecule has 0 spiro atoms. The molecule has 0 radical (unpaired) electrons. The molecule has 104 valence electrons. The minimum Gasteiger partial charge on any atom is -0.469 e. The van der Waals surface area contributed by atoms with Gasteiger partial charge in [0.15, 0.2) is 5.79 Å². The molecule has 1 aliphatic rings. The van der Waals surface area contributed by atoms with Gasteiger partial charge in [-0.3, -0.25) is 4.79 Å². The molecule has 2 rings (SSSR count). The number of methoxy groups -OCH3 is 1. The predicted molar refractivity (Wildman–Crippen MR) is 70.8 cm³/mol. The van der Waals surface area contributed by atoms with Crippen molar-refractivity contribution in [2.24, 2.45) is 0 Å². The number of halogens is 1. The van der Waals surface area contributed by atoms with Crippen molar-refractivity contribution in [1.29, 1.82) is 0 Å². The maximum absolute atomic E-state index is 11.5. The molecule has 2 N–H and O–H groups in total. The van der Waals surface area contributed by atoms with E-state index in [0.29, 0.717) is 30.3 Å². The number of rotatable bonds is 4. The van der Waals surface area contributed by atoms with Gasteiger partial charge in [-0.2, -0.15) is 0 Å². The van der Waals surface area contributed by atoms with E-state index in [-0.39, 0.29) is 6.42 Å². The van der Waals surface area contributed by atoms with Gasteiger partial charge in [-0.15, -0.1) is 0 Å². The van der Waals surface area contributed by atoms with Gasteiger partial charge in [0, 0.05) is 17.1 Å². The highest BCUT2D eigenvalue weighted by Gasteiger charge is 2.40. The molecule has 6 heteroatoms. The van der Waals surface area contributed by atoms with Crippen LogP contribution < -0.4 is 5.73 Å². The summed E-state index contributed by atoms with van der Waals surface area (Å²) in [6, 6.07) is 5.26. The molecule has 1 aromatic rings. The van der Waals surface area contributed by atoms with Crippen LogP contribution in [0.25, 0.3) is 0 Å². The Morgan fingerprint density at radius 1 is 1.47 bits per heavy atom. The van der Waals surface area contributed by atoms with E-state index in [1.165, 1.54) is 7.11 Å². The first kappa shape index (κ1) is 14.1. The van der Waals surface area contributed by atoms with E-state index in [2.05, 4.69) is 4.74 Å². The average Bonchev–Trinajstić information content (AvgIpc) is 2.83. The van der Waals surface area contributed by atoms with Crippen molar-refractivity contribution in [2.45, 2.75) is 18.6 Å². The zero-order chi connectivity index (χ0) is 13.9. The summed E-state index contributed by atoms with van der Waals surface area (Å²) < 4.78 is 15.9. The molecular weight excluding hydrogens is 270 g/mol. The van der Waals surface area contributed by atoms with Crippen LogP contribution in [0.2, 0.25) is 5.02 Å². The SMILES string of the molecule is COC(=O)CC1(Cc2c(N)cccc2Cl)OCCO1. The van der Waals surface area contributed by atoms with E-state index in [0.717, 1.165) is 5.56 Å². The maximum Gasteiger partial charge on any atom is 0.311 e. The third-order valence-electron chi connectivity index (χ3n) is 3.06. The van der Waals surface area contributed by atoms with Gasteiger partial charge in [0.2, 0.25) is 0 Å². The monoisotopic (exact) mass is 285 g/mol. The zero-order valence-electron chi connectivity index (χ0n) is 10.6. The summed E-state index contributed by atoms with van der Waals surface area (Å²) in [6.07, 6.45) is 0.321. The second-order valence-electron chi connectivity index (χ2n) is 4.34. The average molecular weight is 286 g/mol. The Kier molecular flexibility index (Phi) is 4.29. The van der Waals surface area contributed by atoms with Crippen molar-refractivity contribution < 1.29 is 19.0 Å². The summed E-state index contributed by atoms with van der Waals surface area (Å²) in [6.45, 7) is 0.864. The molecule has 0 unspecified atom stereocenters. The second kappa shape index (κ2) is 5.77. The molecule has 0 atom stereocenters. The molecule has 0 aliphatic carbocycles. The lowest BCUT2D eigenvalue weighted by Gasteiger charge is -2.27. The molecule has 1 heterocycles. The Balaban J connectivity index is 2.23. The number of esters is 1. The largest absolute Gasteiger partial charge is 0.469 e. The number of nitrogen functional groups attached to an aromatic ring is 1. The van der Waals surface area contributed by atoms with E-state index in [9.17, 15) is 4.79 Å². The molecule has 1 saturated heterocycles. The molecular formula is C13H16ClNO4. The molecule has 0 bridgehead atoms. The number of carbonyl (C=O) groups excluding carboxylic acids is 1. The van der Waals surface area contributed by atoms with E-state index < -0.39 is 11.8 Å². The Hall–Kier alpha value is -1.30. The maximum atomic E-state index is 11.5. The number of hydrogen-bond acceptors (Lipinski definition) is 5. The molecule has 0 amide bonds. The number of hydrogen-bond donors (Lipinski definition) is 1. The van der Waals surface area contributed by atoms with Crippen LogP contribution in [0.4, 0.5) is 5.69 Å². The summed E-state index contributed by atoms with van der Waals surface area (Å²) in [4.78, 5) is 11.5. The highest BCUT2D eigenvalue weighted by atomic mass is 35.5. The van der Waals surface area contributed by atoms with Crippen LogP contribution >= 0.6 is 11.6 Å². The second-order valence-corrected chi connectivity index (χ2v) is 4.75. The normalized spacial score (nSPS) is 17.4. The summed E-state index contributed by atoms with van der Waals surface area (Å²) in [5.74, 6) is -1.43. The molecule has 1 aromatic carbocycles. The molecule has 1 aliphatic heterocycles. The molecule has 0 saturated carbocycles. The van der Waals surface area contributed by atoms with Crippen molar-refractivity contribution in [1.82, 2.24) is 0 Å². The Morgan fingerprint density at radius 3 is 2.74 bits per heavy atom. The van der Waals surface area contributed by atoms with Crippen LogP contribution in [0.3, 0.4) is 0 Å². The number of nitrogens with two attached hydrogens (primary N) is 1. The number of ether oxygens (including phenoxy) is 3. The highest BCUT2D eigenvalue weighted by molar-refractivity contribution is 6.31. The minimum atomic E-state index is -1.04. The lowest BCUT2D eigenvalue weighted by Crippen LogP contribution is -2.36. The van der Waals surface area contributed by atoms with E-state index in [1.807, 2.05) is 0 Å². The summed E-state index contributed by atoms with van der Waals surface area (Å²) in [5, 5.41) is 0.531. The van der Waals surface area contributed by atoms with Crippen LogP contribution in [0.5, 0.6) is 0 Å². The zero-order valence-corrected chi connectivity index (χ0v) is 11.4. The number of carbonyl (C=O) groups is 1. The van der Waals surface area contributed by atoms with Crippen molar-refractivity contribution in [2.75, 3.05) is 26.1 Å². The Labute approximate surface area is 116 Å².